The second kappa shape index (κ2) is 8.21. The molecule has 0 atom stereocenters. The summed E-state index contributed by atoms with van der Waals surface area (Å²) in [5.74, 6) is -0.145. The molecular weight excluding hydrogens is 350 g/mol. The highest BCUT2D eigenvalue weighted by molar-refractivity contribution is 6.05. The lowest BCUT2D eigenvalue weighted by Gasteiger charge is -2.26. The van der Waals surface area contributed by atoms with Gasteiger partial charge in [0.05, 0.1) is 0 Å². The molecule has 2 aromatic carbocycles. The Balaban J connectivity index is 1.46. The van der Waals surface area contributed by atoms with E-state index in [2.05, 4.69) is 10.3 Å². The van der Waals surface area contributed by atoms with Gasteiger partial charge in [-0.25, -0.2) is 0 Å². The minimum absolute atomic E-state index is 0.0728. The molecule has 28 heavy (non-hydrogen) atoms. The maximum atomic E-state index is 12.7. The molecule has 142 valence electrons. The van der Waals surface area contributed by atoms with Gasteiger partial charge in [-0.15, -0.1) is 0 Å². The van der Waals surface area contributed by atoms with E-state index in [1.165, 1.54) is 6.42 Å². The third-order valence-corrected chi connectivity index (χ3v) is 5.16. The van der Waals surface area contributed by atoms with Gasteiger partial charge in [0.15, 0.2) is 0 Å². The average molecular weight is 373 g/mol. The molecule has 1 aliphatic rings. The van der Waals surface area contributed by atoms with Crippen LogP contribution in [0.1, 0.15) is 45.7 Å². The van der Waals surface area contributed by atoms with Gasteiger partial charge < -0.3 is 10.2 Å². The molecule has 0 aliphatic carbocycles. The van der Waals surface area contributed by atoms with Crippen LogP contribution in [0.2, 0.25) is 0 Å². The molecular formula is C23H23N3O2. The van der Waals surface area contributed by atoms with Gasteiger partial charge in [0.2, 0.25) is 0 Å². The first-order valence-corrected chi connectivity index (χ1v) is 9.72. The zero-order valence-electron chi connectivity index (χ0n) is 15.7. The molecule has 3 aromatic rings. The third-order valence-electron chi connectivity index (χ3n) is 5.16. The minimum Gasteiger partial charge on any atom is -0.347 e. The van der Waals surface area contributed by atoms with Gasteiger partial charge in [-0.3, -0.25) is 14.6 Å². The number of hydrogen-bond acceptors (Lipinski definition) is 3. The molecule has 0 spiro atoms. The number of carbonyl (C=O) groups excluding carboxylic acids is 2. The number of nitrogens with one attached hydrogen (secondary N) is 1. The molecule has 5 nitrogen and oxygen atoms in total. The Morgan fingerprint density at radius 1 is 0.964 bits per heavy atom. The zero-order valence-corrected chi connectivity index (χ0v) is 15.7. The number of likely N-dealkylation sites (tertiary alicyclic amines) is 1. The van der Waals surface area contributed by atoms with Crippen LogP contribution in [-0.2, 0) is 6.54 Å². The number of amides is 2. The smallest absolute Gasteiger partial charge is 0.270 e. The molecule has 0 unspecified atom stereocenters. The molecule has 1 aliphatic heterocycles. The van der Waals surface area contributed by atoms with Crippen molar-refractivity contribution >= 4 is 22.6 Å². The first-order valence-electron chi connectivity index (χ1n) is 9.72. The summed E-state index contributed by atoms with van der Waals surface area (Å²) in [7, 11) is 0. The second-order valence-electron chi connectivity index (χ2n) is 7.12. The van der Waals surface area contributed by atoms with E-state index < -0.39 is 0 Å². The second-order valence-corrected chi connectivity index (χ2v) is 7.12. The minimum atomic E-state index is -0.218. The van der Waals surface area contributed by atoms with Gasteiger partial charge in [0.25, 0.3) is 11.8 Å². The van der Waals surface area contributed by atoms with Crippen molar-refractivity contribution in [3.05, 3.63) is 77.6 Å². The van der Waals surface area contributed by atoms with Crippen molar-refractivity contribution in [2.45, 2.75) is 25.8 Å². The van der Waals surface area contributed by atoms with E-state index in [0.29, 0.717) is 17.8 Å². The number of aromatic nitrogens is 1. The van der Waals surface area contributed by atoms with Gasteiger partial charge in [0.1, 0.15) is 5.69 Å². The molecule has 5 heteroatoms. The van der Waals surface area contributed by atoms with Crippen LogP contribution in [0.5, 0.6) is 0 Å². The first kappa shape index (κ1) is 18.2. The van der Waals surface area contributed by atoms with Crippen LogP contribution in [-0.4, -0.2) is 34.8 Å². The normalized spacial score (nSPS) is 14.1. The molecule has 0 bridgehead atoms. The fraction of sp³-hybridized carbons (Fsp3) is 0.261. The number of hydrogen-bond donors (Lipinski definition) is 1. The summed E-state index contributed by atoms with van der Waals surface area (Å²) in [5.41, 5.74) is 1.99. The number of nitrogens with zero attached hydrogens (tertiary/aromatic N) is 2. The molecule has 0 radical (unpaired) electrons. The summed E-state index contributed by atoms with van der Waals surface area (Å²) >= 11 is 0. The first-order chi connectivity index (χ1) is 13.7. The molecule has 2 heterocycles. The highest BCUT2D eigenvalue weighted by atomic mass is 16.2. The topological polar surface area (TPSA) is 62.3 Å². The number of fused-ring (bicyclic) bond motifs is 1. The lowest BCUT2D eigenvalue weighted by Crippen LogP contribution is -2.35. The van der Waals surface area contributed by atoms with Crippen molar-refractivity contribution in [1.82, 2.24) is 15.2 Å². The Labute approximate surface area is 164 Å². The van der Waals surface area contributed by atoms with Crippen molar-refractivity contribution in [2.75, 3.05) is 13.1 Å². The maximum Gasteiger partial charge on any atom is 0.270 e. The lowest BCUT2D eigenvalue weighted by molar-refractivity contribution is 0.0724. The number of carbonyl (C=O) groups is 2. The van der Waals surface area contributed by atoms with E-state index in [-0.39, 0.29) is 11.8 Å². The molecule has 1 fully saturated rings. The van der Waals surface area contributed by atoms with Crippen molar-refractivity contribution in [1.29, 1.82) is 0 Å². The Bertz CT molecular complexity index is 1000. The SMILES string of the molecule is O=C(NCc1cccc(C(=O)N2CCCCC2)c1)c1nccc2ccccc12. The quantitative estimate of drug-likeness (QED) is 0.757. The summed E-state index contributed by atoms with van der Waals surface area (Å²) in [6.45, 7) is 2.00. The fourth-order valence-electron chi connectivity index (χ4n) is 3.66. The maximum absolute atomic E-state index is 12.7. The zero-order chi connectivity index (χ0) is 19.3. The van der Waals surface area contributed by atoms with Gasteiger partial charge in [-0.2, -0.15) is 0 Å². The summed E-state index contributed by atoms with van der Waals surface area (Å²) in [6, 6.07) is 17.1. The van der Waals surface area contributed by atoms with E-state index in [9.17, 15) is 9.59 Å². The van der Waals surface area contributed by atoms with Crippen LogP contribution < -0.4 is 5.32 Å². The Morgan fingerprint density at radius 3 is 2.64 bits per heavy atom. The number of piperidine rings is 1. The van der Waals surface area contributed by atoms with Gasteiger partial charge in [-0.1, -0.05) is 36.4 Å². The lowest BCUT2D eigenvalue weighted by atomic mass is 10.1. The molecule has 2 amide bonds. The predicted molar refractivity (Wildman–Crippen MR) is 109 cm³/mol. The fourth-order valence-corrected chi connectivity index (χ4v) is 3.66. The number of rotatable bonds is 4. The summed E-state index contributed by atoms with van der Waals surface area (Å²) in [4.78, 5) is 31.5. The van der Waals surface area contributed by atoms with E-state index >= 15 is 0 Å². The summed E-state index contributed by atoms with van der Waals surface area (Å²) < 4.78 is 0. The Kier molecular flexibility index (Phi) is 5.33. The van der Waals surface area contributed by atoms with Crippen molar-refractivity contribution in [3.8, 4) is 0 Å². The van der Waals surface area contributed by atoms with Crippen molar-refractivity contribution in [3.63, 3.8) is 0 Å². The number of benzene rings is 2. The van der Waals surface area contributed by atoms with Gasteiger partial charge >= 0.3 is 0 Å². The molecule has 1 saturated heterocycles. The molecule has 0 saturated carbocycles. The van der Waals surface area contributed by atoms with Gasteiger partial charge in [0, 0.05) is 36.8 Å². The molecule has 1 N–H and O–H groups in total. The van der Waals surface area contributed by atoms with Crippen LogP contribution in [0.15, 0.2) is 60.8 Å². The highest BCUT2D eigenvalue weighted by Gasteiger charge is 2.18. The highest BCUT2D eigenvalue weighted by Crippen LogP contribution is 2.17. The predicted octanol–water partition coefficient (Wildman–Crippen LogP) is 3.79. The van der Waals surface area contributed by atoms with Crippen LogP contribution in [0.25, 0.3) is 10.8 Å². The molecule has 4 rings (SSSR count). The van der Waals surface area contributed by atoms with E-state index in [0.717, 1.165) is 42.3 Å². The average Bonchev–Trinajstić information content (AvgIpc) is 2.77. The van der Waals surface area contributed by atoms with E-state index in [1.807, 2.05) is 59.5 Å². The van der Waals surface area contributed by atoms with E-state index in [1.54, 1.807) is 6.20 Å². The number of pyridine rings is 1. The molecule has 1 aromatic heterocycles. The van der Waals surface area contributed by atoms with Crippen LogP contribution in [0.4, 0.5) is 0 Å². The van der Waals surface area contributed by atoms with Crippen LogP contribution >= 0.6 is 0 Å². The standard InChI is InChI=1S/C23H23N3O2/c27-22(21-20-10-3-2-8-18(20)11-12-24-21)25-16-17-7-6-9-19(15-17)23(28)26-13-4-1-5-14-26/h2-3,6-12,15H,1,4-5,13-14,16H2,(H,25,27). The Hall–Kier alpha value is -3.21. The van der Waals surface area contributed by atoms with Crippen molar-refractivity contribution in [2.24, 2.45) is 0 Å². The Morgan fingerprint density at radius 2 is 1.79 bits per heavy atom. The third kappa shape index (κ3) is 3.88. The monoisotopic (exact) mass is 373 g/mol. The van der Waals surface area contributed by atoms with E-state index in [4.69, 9.17) is 0 Å². The summed E-state index contributed by atoms with van der Waals surface area (Å²) in [5, 5.41) is 4.74. The largest absolute Gasteiger partial charge is 0.347 e. The van der Waals surface area contributed by atoms with Crippen LogP contribution in [0, 0.1) is 0 Å². The van der Waals surface area contributed by atoms with Gasteiger partial charge in [-0.05, 0) is 48.4 Å². The summed E-state index contributed by atoms with van der Waals surface area (Å²) in [6.07, 6.45) is 4.98. The van der Waals surface area contributed by atoms with Crippen LogP contribution in [0.3, 0.4) is 0 Å². The van der Waals surface area contributed by atoms with Crippen molar-refractivity contribution < 1.29 is 9.59 Å².